The van der Waals surface area contributed by atoms with Crippen molar-refractivity contribution in [3.8, 4) is 17.0 Å². The van der Waals surface area contributed by atoms with E-state index < -0.39 is 10.0 Å². The van der Waals surface area contributed by atoms with Gasteiger partial charge in [-0.3, -0.25) is 0 Å². The first kappa shape index (κ1) is 22.2. The SMILES string of the molecule is COc1ccc(-c2ccc(N3CCN(S(=O)(=O)c4c(C)cc(C)cc4C)CC3)nn2)cc1. The molecule has 0 spiro atoms. The van der Waals surface area contributed by atoms with Crippen LogP contribution in [0.5, 0.6) is 5.75 Å². The normalized spacial score (nSPS) is 15.1. The molecule has 8 heteroatoms. The molecule has 1 saturated heterocycles. The topological polar surface area (TPSA) is 75.6 Å². The molecule has 0 N–H and O–H groups in total. The lowest BCUT2D eigenvalue weighted by Gasteiger charge is -2.35. The molecule has 0 aliphatic carbocycles. The van der Waals surface area contributed by atoms with Crippen LogP contribution in [-0.2, 0) is 10.0 Å². The van der Waals surface area contributed by atoms with E-state index in [1.165, 1.54) is 0 Å². The third kappa shape index (κ3) is 4.33. The van der Waals surface area contributed by atoms with Gasteiger partial charge in [-0.05, 0) is 68.3 Å². The summed E-state index contributed by atoms with van der Waals surface area (Å²) >= 11 is 0. The first-order valence-electron chi connectivity index (χ1n) is 10.6. The standard InChI is InChI=1S/C24H28N4O3S/c1-17-15-18(2)24(19(3)16-17)32(29,30)28-13-11-27(12-14-28)23-10-9-22(25-26-23)20-5-7-21(31-4)8-6-20/h5-10,15-16H,11-14H2,1-4H3. The van der Waals surface area contributed by atoms with E-state index in [-0.39, 0.29) is 0 Å². The molecule has 0 atom stereocenters. The number of aromatic nitrogens is 2. The molecule has 1 aliphatic heterocycles. The molecule has 0 saturated carbocycles. The largest absolute Gasteiger partial charge is 0.497 e. The van der Waals surface area contributed by atoms with E-state index in [0.29, 0.717) is 31.1 Å². The number of rotatable bonds is 5. The summed E-state index contributed by atoms with van der Waals surface area (Å²) in [6, 6.07) is 15.4. The summed E-state index contributed by atoms with van der Waals surface area (Å²) in [5.74, 6) is 1.55. The predicted octanol–water partition coefficient (Wildman–Crippen LogP) is 3.59. The van der Waals surface area contributed by atoms with Gasteiger partial charge in [-0.25, -0.2) is 8.42 Å². The number of ether oxygens (including phenoxy) is 1. The lowest BCUT2D eigenvalue weighted by molar-refractivity contribution is 0.383. The maximum atomic E-state index is 13.3. The Labute approximate surface area is 189 Å². The minimum absolute atomic E-state index is 0.414. The van der Waals surface area contributed by atoms with Crippen molar-refractivity contribution in [2.24, 2.45) is 0 Å². The third-order valence-electron chi connectivity index (χ3n) is 5.80. The number of anilines is 1. The van der Waals surface area contributed by atoms with Gasteiger partial charge in [0, 0.05) is 31.7 Å². The van der Waals surface area contributed by atoms with E-state index in [0.717, 1.165) is 39.5 Å². The molecule has 1 aliphatic rings. The van der Waals surface area contributed by atoms with Crippen molar-refractivity contribution in [1.29, 1.82) is 0 Å². The molecular formula is C24H28N4O3S. The highest BCUT2D eigenvalue weighted by atomic mass is 32.2. The Morgan fingerprint density at radius 3 is 2.00 bits per heavy atom. The first-order valence-corrected chi connectivity index (χ1v) is 12.0. The summed E-state index contributed by atoms with van der Waals surface area (Å²) in [5, 5.41) is 8.74. The van der Waals surface area contributed by atoms with Gasteiger partial charge in [0.25, 0.3) is 0 Å². The zero-order chi connectivity index (χ0) is 22.9. The zero-order valence-corrected chi connectivity index (χ0v) is 19.7. The highest BCUT2D eigenvalue weighted by Crippen LogP contribution is 2.27. The van der Waals surface area contributed by atoms with Crippen molar-refractivity contribution >= 4 is 15.8 Å². The van der Waals surface area contributed by atoms with E-state index in [4.69, 9.17) is 4.74 Å². The number of piperazine rings is 1. The summed E-state index contributed by atoms with van der Waals surface area (Å²) in [6.07, 6.45) is 0. The van der Waals surface area contributed by atoms with Crippen LogP contribution in [0.15, 0.2) is 53.4 Å². The summed E-state index contributed by atoms with van der Waals surface area (Å²) < 4.78 is 33.4. The highest BCUT2D eigenvalue weighted by Gasteiger charge is 2.31. The van der Waals surface area contributed by atoms with Crippen LogP contribution in [0, 0.1) is 20.8 Å². The average molecular weight is 453 g/mol. The van der Waals surface area contributed by atoms with E-state index in [9.17, 15) is 8.42 Å². The molecule has 1 fully saturated rings. The van der Waals surface area contributed by atoms with E-state index in [1.54, 1.807) is 11.4 Å². The van der Waals surface area contributed by atoms with E-state index in [2.05, 4.69) is 15.1 Å². The Bertz CT molecular complexity index is 1180. The molecule has 0 radical (unpaired) electrons. The minimum atomic E-state index is -3.53. The molecule has 2 aromatic carbocycles. The fourth-order valence-electron chi connectivity index (χ4n) is 4.27. The minimum Gasteiger partial charge on any atom is -0.497 e. The van der Waals surface area contributed by atoms with E-state index >= 15 is 0 Å². The molecule has 32 heavy (non-hydrogen) atoms. The second kappa shape index (κ2) is 8.88. The number of hydrogen-bond acceptors (Lipinski definition) is 6. The summed E-state index contributed by atoms with van der Waals surface area (Å²) in [6.45, 7) is 7.68. The smallest absolute Gasteiger partial charge is 0.243 e. The third-order valence-corrected chi connectivity index (χ3v) is 8.01. The molecule has 0 amide bonds. The van der Waals surface area contributed by atoms with Crippen LogP contribution >= 0.6 is 0 Å². The van der Waals surface area contributed by atoms with Crippen LogP contribution in [0.2, 0.25) is 0 Å². The molecule has 2 heterocycles. The number of nitrogens with zero attached hydrogens (tertiary/aromatic N) is 4. The summed E-state index contributed by atoms with van der Waals surface area (Å²) in [4.78, 5) is 2.51. The Hall–Kier alpha value is -2.97. The van der Waals surface area contributed by atoms with Gasteiger partial charge < -0.3 is 9.64 Å². The first-order chi connectivity index (χ1) is 15.3. The molecule has 1 aromatic heterocycles. The van der Waals surface area contributed by atoms with Crippen LogP contribution in [0.25, 0.3) is 11.3 Å². The van der Waals surface area contributed by atoms with Crippen molar-refractivity contribution in [2.75, 3.05) is 38.2 Å². The van der Waals surface area contributed by atoms with Gasteiger partial charge in [0.15, 0.2) is 5.82 Å². The quantitative estimate of drug-likeness (QED) is 0.589. The summed E-state index contributed by atoms with van der Waals surface area (Å²) in [5.41, 5.74) is 4.41. The molecule has 0 bridgehead atoms. The van der Waals surface area contributed by atoms with Crippen molar-refractivity contribution in [2.45, 2.75) is 25.7 Å². The average Bonchev–Trinajstić information content (AvgIpc) is 2.78. The lowest BCUT2D eigenvalue weighted by Crippen LogP contribution is -2.49. The molecule has 0 unspecified atom stereocenters. The van der Waals surface area contributed by atoms with Gasteiger partial charge in [0.1, 0.15) is 5.75 Å². The van der Waals surface area contributed by atoms with Crippen molar-refractivity contribution < 1.29 is 13.2 Å². The highest BCUT2D eigenvalue weighted by molar-refractivity contribution is 7.89. The Morgan fingerprint density at radius 1 is 0.844 bits per heavy atom. The van der Waals surface area contributed by atoms with Gasteiger partial charge in [0.2, 0.25) is 10.0 Å². The maximum Gasteiger partial charge on any atom is 0.243 e. The Balaban J connectivity index is 1.45. The van der Waals surface area contributed by atoms with Crippen LogP contribution in [0.1, 0.15) is 16.7 Å². The van der Waals surface area contributed by atoms with Crippen LogP contribution < -0.4 is 9.64 Å². The number of hydrogen-bond donors (Lipinski definition) is 0. The zero-order valence-electron chi connectivity index (χ0n) is 18.9. The van der Waals surface area contributed by atoms with Crippen molar-refractivity contribution in [3.05, 3.63) is 65.2 Å². The lowest BCUT2D eigenvalue weighted by atomic mass is 10.1. The van der Waals surface area contributed by atoms with Gasteiger partial charge in [-0.1, -0.05) is 17.7 Å². The molecule has 3 aromatic rings. The fourth-order valence-corrected chi connectivity index (χ4v) is 6.10. The van der Waals surface area contributed by atoms with Crippen molar-refractivity contribution in [1.82, 2.24) is 14.5 Å². The second-order valence-electron chi connectivity index (χ2n) is 8.12. The number of methoxy groups -OCH3 is 1. The number of benzene rings is 2. The van der Waals surface area contributed by atoms with Crippen LogP contribution in [0.4, 0.5) is 5.82 Å². The van der Waals surface area contributed by atoms with Crippen molar-refractivity contribution in [3.63, 3.8) is 0 Å². The van der Waals surface area contributed by atoms with E-state index in [1.807, 2.05) is 69.3 Å². The second-order valence-corrected chi connectivity index (χ2v) is 10.00. The van der Waals surface area contributed by atoms with Gasteiger partial charge >= 0.3 is 0 Å². The fraction of sp³-hybridized carbons (Fsp3) is 0.333. The maximum absolute atomic E-state index is 13.3. The van der Waals surface area contributed by atoms with Crippen LogP contribution in [0.3, 0.4) is 0 Å². The number of sulfonamides is 1. The van der Waals surface area contributed by atoms with Gasteiger partial charge in [0.05, 0.1) is 17.7 Å². The number of aryl methyl sites for hydroxylation is 3. The Kier molecular flexibility index (Phi) is 6.17. The predicted molar refractivity (Wildman–Crippen MR) is 126 cm³/mol. The summed E-state index contributed by atoms with van der Waals surface area (Å²) in [7, 11) is -1.90. The van der Waals surface area contributed by atoms with Crippen LogP contribution in [-0.4, -0.2) is 56.2 Å². The molecule has 7 nitrogen and oxygen atoms in total. The van der Waals surface area contributed by atoms with Gasteiger partial charge in [-0.15, -0.1) is 10.2 Å². The monoisotopic (exact) mass is 452 g/mol. The van der Waals surface area contributed by atoms with Gasteiger partial charge in [-0.2, -0.15) is 4.31 Å². The Morgan fingerprint density at radius 2 is 1.47 bits per heavy atom. The molecular weight excluding hydrogens is 424 g/mol. The molecule has 4 rings (SSSR count). The molecule has 168 valence electrons.